The molecule has 1 atom stereocenters. The van der Waals surface area contributed by atoms with Crippen molar-refractivity contribution in [2.24, 2.45) is 0 Å². The lowest BCUT2D eigenvalue weighted by Gasteiger charge is -2.24. The Hall–Kier alpha value is -1.75. The van der Waals surface area contributed by atoms with E-state index in [2.05, 4.69) is 10.6 Å². The lowest BCUT2D eigenvalue weighted by Crippen LogP contribution is -2.38. The Balaban J connectivity index is 1.72. The Morgan fingerprint density at radius 3 is 2.90 bits per heavy atom. The van der Waals surface area contributed by atoms with E-state index in [4.69, 9.17) is 4.42 Å². The van der Waals surface area contributed by atoms with Crippen molar-refractivity contribution in [3.8, 4) is 0 Å². The van der Waals surface area contributed by atoms with Gasteiger partial charge in [-0.05, 0) is 50.3 Å². The van der Waals surface area contributed by atoms with Crippen LogP contribution in [0.25, 0.3) is 0 Å². The lowest BCUT2D eigenvalue weighted by atomic mass is 9.94. The van der Waals surface area contributed by atoms with Crippen molar-refractivity contribution in [2.75, 3.05) is 5.32 Å². The molecule has 1 aliphatic heterocycles. The van der Waals surface area contributed by atoms with Gasteiger partial charge in [0.25, 0.3) is 5.91 Å². The smallest absolute Gasteiger partial charge is 0.256 e. The zero-order valence-electron chi connectivity index (χ0n) is 11.3. The summed E-state index contributed by atoms with van der Waals surface area (Å²) in [5.74, 6) is 1.64. The number of fused-ring (bicyclic) bond motifs is 3. The van der Waals surface area contributed by atoms with Crippen LogP contribution in [-0.2, 0) is 12.8 Å². The molecule has 20 heavy (non-hydrogen) atoms. The Morgan fingerprint density at radius 2 is 2.10 bits per heavy atom. The van der Waals surface area contributed by atoms with E-state index in [1.54, 1.807) is 11.3 Å². The molecule has 0 aromatic carbocycles. The fraction of sp³-hybridized carbons (Fsp3) is 0.400. The first-order chi connectivity index (χ1) is 9.72. The number of amides is 1. The topological polar surface area (TPSA) is 54.3 Å². The minimum atomic E-state index is -0.260. The Bertz CT molecular complexity index is 686. The number of carbonyl (C=O) groups is 1. The van der Waals surface area contributed by atoms with Gasteiger partial charge >= 0.3 is 0 Å². The average Bonchev–Trinajstić information content (AvgIpc) is 3.01. The monoisotopic (exact) mass is 288 g/mol. The lowest BCUT2D eigenvalue weighted by molar-refractivity contribution is 0.0930. The zero-order chi connectivity index (χ0) is 13.7. The highest BCUT2D eigenvalue weighted by molar-refractivity contribution is 7.16. The number of carbonyl (C=O) groups excluding carboxylic acids is 1. The van der Waals surface area contributed by atoms with Gasteiger partial charge < -0.3 is 15.1 Å². The number of furan rings is 1. The summed E-state index contributed by atoms with van der Waals surface area (Å²) >= 11 is 1.73. The highest BCUT2D eigenvalue weighted by atomic mass is 32.1. The molecule has 0 saturated heterocycles. The Morgan fingerprint density at radius 1 is 1.25 bits per heavy atom. The van der Waals surface area contributed by atoms with Gasteiger partial charge in [0.1, 0.15) is 16.5 Å². The molecule has 4 nitrogen and oxygen atoms in total. The summed E-state index contributed by atoms with van der Waals surface area (Å²) in [7, 11) is 0. The molecule has 2 aromatic rings. The van der Waals surface area contributed by atoms with E-state index in [-0.39, 0.29) is 12.1 Å². The molecule has 1 aliphatic carbocycles. The maximum Gasteiger partial charge on any atom is 0.256 e. The third-order valence-electron chi connectivity index (χ3n) is 3.99. The molecule has 0 spiro atoms. The van der Waals surface area contributed by atoms with Crippen molar-refractivity contribution in [1.29, 1.82) is 0 Å². The highest BCUT2D eigenvalue weighted by Crippen LogP contribution is 2.41. The van der Waals surface area contributed by atoms with E-state index in [1.165, 1.54) is 23.3 Å². The maximum absolute atomic E-state index is 12.4. The van der Waals surface area contributed by atoms with Gasteiger partial charge in [0, 0.05) is 4.88 Å². The summed E-state index contributed by atoms with van der Waals surface area (Å²) in [6.45, 7) is 1.91. The molecule has 0 saturated carbocycles. The SMILES string of the molecule is Cc1ccc([C@H]2NC(=O)c3c(sc4c3CCCC4)N2)o1. The van der Waals surface area contributed by atoms with E-state index in [0.717, 1.165) is 34.9 Å². The van der Waals surface area contributed by atoms with Gasteiger partial charge in [0.2, 0.25) is 0 Å². The quantitative estimate of drug-likeness (QED) is 0.845. The van der Waals surface area contributed by atoms with Gasteiger partial charge in [-0.2, -0.15) is 0 Å². The fourth-order valence-electron chi connectivity index (χ4n) is 3.03. The van der Waals surface area contributed by atoms with Gasteiger partial charge in [-0.1, -0.05) is 0 Å². The number of nitrogens with one attached hydrogen (secondary N) is 2. The molecule has 2 aliphatic rings. The minimum absolute atomic E-state index is 0.0252. The van der Waals surface area contributed by atoms with E-state index in [0.29, 0.717) is 0 Å². The van der Waals surface area contributed by atoms with Crippen molar-refractivity contribution >= 4 is 22.2 Å². The first kappa shape index (κ1) is 12.0. The van der Waals surface area contributed by atoms with E-state index in [1.807, 2.05) is 19.1 Å². The number of anilines is 1. The van der Waals surface area contributed by atoms with Gasteiger partial charge in [0.15, 0.2) is 6.17 Å². The second-order valence-electron chi connectivity index (χ2n) is 5.41. The molecule has 3 heterocycles. The molecule has 104 valence electrons. The molecular formula is C15H16N2O2S. The van der Waals surface area contributed by atoms with E-state index >= 15 is 0 Å². The summed E-state index contributed by atoms with van der Waals surface area (Å²) in [6, 6.07) is 3.82. The van der Waals surface area contributed by atoms with Crippen LogP contribution in [0.5, 0.6) is 0 Å². The largest absolute Gasteiger partial charge is 0.462 e. The second-order valence-corrected chi connectivity index (χ2v) is 6.52. The number of thiophene rings is 1. The first-order valence-electron chi connectivity index (χ1n) is 7.00. The maximum atomic E-state index is 12.4. The predicted molar refractivity (Wildman–Crippen MR) is 78.2 cm³/mol. The summed E-state index contributed by atoms with van der Waals surface area (Å²) in [5, 5.41) is 7.41. The highest BCUT2D eigenvalue weighted by Gasteiger charge is 2.32. The van der Waals surface area contributed by atoms with Gasteiger partial charge in [-0.3, -0.25) is 4.79 Å². The average molecular weight is 288 g/mol. The van der Waals surface area contributed by atoms with Crippen LogP contribution >= 0.6 is 11.3 Å². The number of rotatable bonds is 1. The molecule has 2 aromatic heterocycles. The Labute approximate surface area is 121 Å². The standard InChI is InChI=1S/C15H16N2O2S/c1-8-6-7-10(19-8)13-16-14(18)12-9-4-2-3-5-11(9)20-15(12)17-13/h6-7,13,17H,2-5H2,1H3,(H,16,18)/t13-/m0/s1. The van der Waals surface area contributed by atoms with Gasteiger partial charge in [-0.25, -0.2) is 0 Å². The molecule has 5 heteroatoms. The summed E-state index contributed by atoms with van der Waals surface area (Å²) in [6.07, 6.45) is 4.29. The molecule has 0 unspecified atom stereocenters. The molecule has 4 rings (SSSR count). The van der Waals surface area contributed by atoms with Crippen LogP contribution in [0.1, 0.15) is 51.3 Å². The molecular weight excluding hydrogens is 272 g/mol. The Kier molecular flexibility index (Phi) is 2.63. The number of hydrogen-bond donors (Lipinski definition) is 2. The first-order valence-corrected chi connectivity index (χ1v) is 7.82. The van der Waals surface area contributed by atoms with Crippen LogP contribution in [0.3, 0.4) is 0 Å². The molecule has 0 fully saturated rings. The van der Waals surface area contributed by atoms with Crippen LogP contribution in [0.2, 0.25) is 0 Å². The third kappa shape index (κ3) is 1.77. The van der Waals surface area contributed by atoms with Gasteiger partial charge in [-0.15, -0.1) is 11.3 Å². The van der Waals surface area contributed by atoms with Crippen LogP contribution < -0.4 is 10.6 Å². The van der Waals surface area contributed by atoms with Crippen molar-refractivity contribution in [3.05, 3.63) is 39.7 Å². The predicted octanol–water partition coefficient (Wildman–Crippen LogP) is 3.38. The summed E-state index contributed by atoms with van der Waals surface area (Å²) in [5.41, 5.74) is 2.12. The second kappa shape index (κ2) is 4.38. The van der Waals surface area contributed by atoms with Crippen molar-refractivity contribution < 1.29 is 9.21 Å². The van der Waals surface area contributed by atoms with Crippen molar-refractivity contribution in [1.82, 2.24) is 5.32 Å². The van der Waals surface area contributed by atoms with Crippen LogP contribution in [0.4, 0.5) is 5.00 Å². The number of aryl methyl sites for hydroxylation is 2. The zero-order valence-corrected chi connectivity index (χ0v) is 12.1. The molecule has 0 radical (unpaired) electrons. The normalized spacial score (nSPS) is 20.9. The van der Waals surface area contributed by atoms with Crippen molar-refractivity contribution in [2.45, 2.75) is 38.8 Å². The minimum Gasteiger partial charge on any atom is -0.462 e. The van der Waals surface area contributed by atoms with E-state index in [9.17, 15) is 4.79 Å². The molecule has 2 N–H and O–H groups in total. The van der Waals surface area contributed by atoms with Gasteiger partial charge in [0.05, 0.1) is 5.56 Å². The number of hydrogen-bond acceptors (Lipinski definition) is 4. The molecule has 0 bridgehead atoms. The van der Waals surface area contributed by atoms with E-state index < -0.39 is 0 Å². The summed E-state index contributed by atoms with van der Waals surface area (Å²) in [4.78, 5) is 13.8. The van der Waals surface area contributed by atoms with Crippen molar-refractivity contribution in [3.63, 3.8) is 0 Å². The third-order valence-corrected chi connectivity index (χ3v) is 5.22. The van der Waals surface area contributed by atoms with Crippen LogP contribution in [0.15, 0.2) is 16.5 Å². The summed E-state index contributed by atoms with van der Waals surface area (Å²) < 4.78 is 5.62. The van der Waals surface area contributed by atoms with Crippen LogP contribution in [-0.4, -0.2) is 5.91 Å². The fourth-order valence-corrected chi connectivity index (χ4v) is 4.34. The molecule has 1 amide bonds. The van der Waals surface area contributed by atoms with Crippen LogP contribution in [0, 0.1) is 6.92 Å².